The highest BCUT2D eigenvalue weighted by Gasteiger charge is 2.48. The second kappa shape index (κ2) is 7.82. The molecular formula is C20H19F3N2O3S2. The van der Waals surface area contributed by atoms with Crippen LogP contribution in [-0.4, -0.2) is 36.9 Å². The lowest BCUT2D eigenvalue weighted by atomic mass is 10.0. The van der Waals surface area contributed by atoms with Crippen LogP contribution in [0.3, 0.4) is 0 Å². The molecule has 1 atom stereocenters. The third kappa shape index (κ3) is 4.17. The molecule has 160 valence electrons. The molecule has 1 aliphatic heterocycles. The van der Waals surface area contributed by atoms with Crippen molar-refractivity contribution in [2.24, 2.45) is 0 Å². The fourth-order valence-corrected chi connectivity index (χ4v) is 4.79. The van der Waals surface area contributed by atoms with E-state index in [1.165, 1.54) is 12.1 Å². The Balaban J connectivity index is 1.50. The molecule has 0 saturated carbocycles. The minimum atomic E-state index is -5.68. The zero-order valence-corrected chi connectivity index (χ0v) is 17.6. The van der Waals surface area contributed by atoms with Gasteiger partial charge in [-0.05, 0) is 60.7 Å². The smallest absolute Gasteiger partial charge is 0.376 e. The summed E-state index contributed by atoms with van der Waals surface area (Å²) in [7, 11) is -5.68. The van der Waals surface area contributed by atoms with Crippen molar-refractivity contribution < 1.29 is 25.8 Å². The number of nitrogens with zero attached hydrogens (tertiary/aromatic N) is 2. The maximum absolute atomic E-state index is 12.6. The van der Waals surface area contributed by atoms with E-state index in [1.807, 2.05) is 5.51 Å². The molecule has 3 aromatic rings. The molecule has 2 heterocycles. The Morgan fingerprint density at radius 2 is 1.83 bits per heavy atom. The lowest BCUT2D eigenvalue weighted by molar-refractivity contribution is -0.0500. The Morgan fingerprint density at radius 1 is 1.10 bits per heavy atom. The molecule has 30 heavy (non-hydrogen) atoms. The summed E-state index contributed by atoms with van der Waals surface area (Å²) in [4.78, 5) is 6.68. The summed E-state index contributed by atoms with van der Waals surface area (Å²) in [6.45, 7) is 3.59. The predicted molar refractivity (Wildman–Crippen MR) is 109 cm³/mol. The Labute approximate surface area is 176 Å². The molecule has 0 fully saturated rings. The zero-order chi connectivity index (χ0) is 21.5. The van der Waals surface area contributed by atoms with E-state index in [1.54, 1.807) is 17.4 Å². The molecular weight excluding hydrogens is 437 g/mol. The lowest BCUT2D eigenvalue weighted by Gasteiger charge is -2.28. The van der Waals surface area contributed by atoms with Crippen molar-refractivity contribution >= 4 is 31.7 Å². The summed E-state index contributed by atoms with van der Waals surface area (Å²) in [5.74, 6) is -0.318. The Kier molecular flexibility index (Phi) is 5.50. The Morgan fingerprint density at radius 3 is 2.57 bits per heavy atom. The molecule has 0 spiro atoms. The van der Waals surface area contributed by atoms with Crippen molar-refractivity contribution in [3.8, 4) is 5.75 Å². The van der Waals surface area contributed by atoms with Crippen LogP contribution in [0.2, 0.25) is 0 Å². The fraction of sp³-hybridized carbons (Fsp3) is 0.350. The number of thiazole rings is 1. The van der Waals surface area contributed by atoms with Gasteiger partial charge in [0.1, 0.15) is 5.75 Å². The van der Waals surface area contributed by atoms with Gasteiger partial charge in [0.2, 0.25) is 0 Å². The molecule has 1 aliphatic rings. The van der Waals surface area contributed by atoms with E-state index in [9.17, 15) is 21.6 Å². The van der Waals surface area contributed by atoms with Crippen LogP contribution in [0.15, 0.2) is 41.9 Å². The quantitative estimate of drug-likeness (QED) is 0.421. The zero-order valence-electron chi connectivity index (χ0n) is 16.0. The van der Waals surface area contributed by atoms with Gasteiger partial charge in [-0.2, -0.15) is 21.6 Å². The van der Waals surface area contributed by atoms with Gasteiger partial charge in [-0.15, -0.1) is 11.3 Å². The maximum atomic E-state index is 12.6. The average Bonchev–Trinajstić information content (AvgIpc) is 3.05. The first-order chi connectivity index (χ1) is 14.1. The number of halogens is 3. The third-order valence-corrected chi connectivity index (χ3v) is 7.18. The third-order valence-electron chi connectivity index (χ3n) is 5.39. The number of rotatable bonds is 4. The molecule has 10 heteroatoms. The molecule has 2 aromatic carbocycles. The number of alkyl halides is 3. The second-order valence-electron chi connectivity index (χ2n) is 7.21. The lowest BCUT2D eigenvalue weighted by Crippen LogP contribution is -2.29. The molecule has 1 unspecified atom stereocenters. The SMILES string of the molecule is CC(c1ccc2scnc2c1)N1CCc2ccc(OS(=O)(=O)C(F)(F)F)cc2CC1. The molecule has 0 saturated heterocycles. The van der Waals surface area contributed by atoms with Gasteiger partial charge in [-0.1, -0.05) is 12.1 Å². The van der Waals surface area contributed by atoms with E-state index in [0.29, 0.717) is 19.4 Å². The van der Waals surface area contributed by atoms with Crippen molar-refractivity contribution in [1.82, 2.24) is 9.88 Å². The summed E-state index contributed by atoms with van der Waals surface area (Å²) in [5, 5.41) is 0. The second-order valence-corrected chi connectivity index (χ2v) is 9.63. The largest absolute Gasteiger partial charge is 0.534 e. The first-order valence-electron chi connectivity index (χ1n) is 9.34. The highest BCUT2D eigenvalue weighted by atomic mass is 32.2. The maximum Gasteiger partial charge on any atom is 0.534 e. The Bertz CT molecular complexity index is 1180. The van der Waals surface area contributed by atoms with Gasteiger partial charge in [-0.25, -0.2) is 4.98 Å². The van der Waals surface area contributed by atoms with Gasteiger partial charge < -0.3 is 4.18 Å². The molecule has 1 aromatic heterocycles. The summed E-state index contributed by atoms with van der Waals surface area (Å²) >= 11 is 1.60. The highest BCUT2D eigenvalue weighted by Crippen LogP contribution is 2.31. The van der Waals surface area contributed by atoms with Crippen LogP contribution in [0.1, 0.15) is 29.7 Å². The van der Waals surface area contributed by atoms with Crippen molar-refractivity contribution in [3.05, 3.63) is 58.6 Å². The van der Waals surface area contributed by atoms with E-state index in [2.05, 4.69) is 39.2 Å². The Hall–Kier alpha value is -2.17. The molecule has 4 rings (SSSR count). The number of hydrogen-bond acceptors (Lipinski definition) is 6. The monoisotopic (exact) mass is 456 g/mol. The van der Waals surface area contributed by atoms with E-state index in [-0.39, 0.29) is 11.8 Å². The molecule has 5 nitrogen and oxygen atoms in total. The normalized spacial score (nSPS) is 16.8. The van der Waals surface area contributed by atoms with Gasteiger partial charge in [0.15, 0.2) is 0 Å². The minimum absolute atomic E-state index is 0.145. The van der Waals surface area contributed by atoms with E-state index in [0.717, 1.165) is 33.5 Å². The molecule has 0 N–H and O–H groups in total. The number of aromatic nitrogens is 1. The van der Waals surface area contributed by atoms with Gasteiger partial charge in [-0.3, -0.25) is 4.90 Å². The van der Waals surface area contributed by atoms with Crippen molar-refractivity contribution in [2.45, 2.75) is 31.3 Å². The highest BCUT2D eigenvalue weighted by molar-refractivity contribution is 7.88. The summed E-state index contributed by atoms with van der Waals surface area (Å²) < 4.78 is 65.7. The van der Waals surface area contributed by atoms with Crippen LogP contribution in [0, 0.1) is 0 Å². The first-order valence-corrected chi connectivity index (χ1v) is 11.6. The number of benzene rings is 2. The van der Waals surface area contributed by atoms with Crippen molar-refractivity contribution in [3.63, 3.8) is 0 Å². The molecule has 0 bridgehead atoms. The summed E-state index contributed by atoms with van der Waals surface area (Å²) in [6.07, 6.45) is 1.30. The predicted octanol–water partition coefficient (Wildman–Crippen LogP) is 4.69. The van der Waals surface area contributed by atoms with Crippen LogP contribution < -0.4 is 4.18 Å². The first kappa shape index (κ1) is 21.1. The molecule has 0 radical (unpaired) electrons. The van der Waals surface area contributed by atoms with Crippen LogP contribution >= 0.6 is 11.3 Å². The van der Waals surface area contributed by atoms with E-state index in [4.69, 9.17) is 0 Å². The summed E-state index contributed by atoms with van der Waals surface area (Å²) in [5.41, 5.74) is 0.269. The van der Waals surface area contributed by atoms with E-state index >= 15 is 0 Å². The van der Waals surface area contributed by atoms with Gasteiger partial charge >= 0.3 is 15.6 Å². The van der Waals surface area contributed by atoms with Gasteiger partial charge in [0.25, 0.3) is 0 Å². The van der Waals surface area contributed by atoms with Crippen LogP contribution in [-0.2, 0) is 23.0 Å². The number of fused-ring (bicyclic) bond motifs is 2. The topological polar surface area (TPSA) is 59.5 Å². The van der Waals surface area contributed by atoms with Gasteiger partial charge in [0.05, 0.1) is 15.7 Å². The molecule has 0 amide bonds. The van der Waals surface area contributed by atoms with Crippen molar-refractivity contribution in [2.75, 3.05) is 13.1 Å². The van der Waals surface area contributed by atoms with Crippen LogP contribution in [0.5, 0.6) is 5.75 Å². The van der Waals surface area contributed by atoms with Gasteiger partial charge in [0, 0.05) is 19.1 Å². The van der Waals surface area contributed by atoms with Crippen LogP contribution in [0.4, 0.5) is 13.2 Å². The van der Waals surface area contributed by atoms with Crippen LogP contribution in [0.25, 0.3) is 10.2 Å². The number of hydrogen-bond donors (Lipinski definition) is 0. The van der Waals surface area contributed by atoms with Crippen molar-refractivity contribution in [1.29, 1.82) is 0 Å². The average molecular weight is 457 g/mol. The molecule has 0 aliphatic carbocycles. The minimum Gasteiger partial charge on any atom is -0.376 e. The fourth-order valence-electron chi connectivity index (χ4n) is 3.68. The van der Waals surface area contributed by atoms with E-state index < -0.39 is 15.6 Å². The standard InChI is InChI=1S/C20H19F3N2O3S2/c1-13(15-3-5-19-18(11-15)24-12-29-19)25-8-6-14-2-4-17(10-16(14)7-9-25)28-30(26,27)20(21,22)23/h2-5,10-13H,6-9H2,1H3. The summed E-state index contributed by atoms with van der Waals surface area (Å²) in [6, 6.07) is 10.7.